The minimum Gasteiger partial charge on any atom is -0.0985 e. The lowest BCUT2D eigenvalue weighted by Crippen LogP contribution is -2.10. The smallest absolute Gasteiger partial charge is 0.0132 e. The first kappa shape index (κ1) is 14.2. The second-order valence-corrected chi connectivity index (χ2v) is 5.23. The van der Waals surface area contributed by atoms with Gasteiger partial charge in [-0.05, 0) is 16.5 Å². The van der Waals surface area contributed by atoms with Crippen LogP contribution < -0.4 is 0 Å². The molecule has 0 nitrogen and oxygen atoms in total. The van der Waals surface area contributed by atoms with Gasteiger partial charge in [0, 0.05) is 0 Å². The third-order valence-corrected chi connectivity index (χ3v) is 2.68. The standard InChI is InChI=1S/C10H14.C8H8/c1-10(2,3)9-7-5-4-6-8-9;1-2-8-6-4-3-5-7-8/h4-8H,1-3H3;2-7H,1H2. The zero-order chi connectivity index (χ0) is 13.4. The average molecular weight is 238 g/mol. The highest BCUT2D eigenvalue weighted by Gasteiger charge is 2.11. The zero-order valence-corrected chi connectivity index (χ0v) is 11.6. The van der Waals surface area contributed by atoms with E-state index in [1.807, 2.05) is 36.4 Å². The summed E-state index contributed by atoms with van der Waals surface area (Å²) in [6.07, 6.45) is 1.83. The van der Waals surface area contributed by atoms with E-state index in [-0.39, 0.29) is 0 Å². The molecule has 0 radical (unpaired) electrons. The van der Waals surface area contributed by atoms with Gasteiger partial charge in [0.2, 0.25) is 0 Å². The Kier molecular flexibility index (Phi) is 5.38. The van der Waals surface area contributed by atoms with Crippen LogP contribution in [0.15, 0.2) is 67.2 Å². The van der Waals surface area contributed by atoms with Gasteiger partial charge in [-0.25, -0.2) is 0 Å². The topological polar surface area (TPSA) is 0 Å². The van der Waals surface area contributed by atoms with E-state index in [0.717, 1.165) is 0 Å². The molecule has 0 saturated heterocycles. The monoisotopic (exact) mass is 238 g/mol. The van der Waals surface area contributed by atoms with Crippen LogP contribution in [0.1, 0.15) is 31.9 Å². The average Bonchev–Trinajstić information content (AvgIpc) is 2.40. The molecule has 0 saturated carbocycles. The van der Waals surface area contributed by atoms with Gasteiger partial charge in [0.1, 0.15) is 0 Å². The predicted molar refractivity (Wildman–Crippen MR) is 81.7 cm³/mol. The predicted octanol–water partition coefficient (Wildman–Crippen LogP) is 5.31. The highest BCUT2D eigenvalue weighted by molar-refractivity contribution is 5.45. The van der Waals surface area contributed by atoms with E-state index < -0.39 is 0 Å². The maximum atomic E-state index is 3.63. The highest BCUT2D eigenvalue weighted by Crippen LogP contribution is 2.20. The molecule has 0 aliphatic rings. The van der Waals surface area contributed by atoms with Crippen LogP contribution in [0.5, 0.6) is 0 Å². The minimum absolute atomic E-state index is 0.293. The van der Waals surface area contributed by atoms with Crippen LogP contribution in [0.4, 0.5) is 0 Å². The normalized spacial score (nSPS) is 10.2. The molecular weight excluding hydrogens is 216 g/mol. The molecule has 0 aromatic heterocycles. The largest absolute Gasteiger partial charge is 0.0985 e. The van der Waals surface area contributed by atoms with Crippen LogP contribution in [-0.4, -0.2) is 0 Å². The molecule has 0 spiro atoms. The molecule has 0 atom stereocenters. The fourth-order valence-electron chi connectivity index (χ4n) is 1.53. The Balaban J connectivity index is 0.000000184. The quantitative estimate of drug-likeness (QED) is 0.631. The van der Waals surface area contributed by atoms with Crippen molar-refractivity contribution >= 4 is 6.08 Å². The van der Waals surface area contributed by atoms with E-state index in [0.29, 0.717) is 5.41 Å². The Labute approximate surface area is 111 Å². The third kappa shape index (κ3) is 5.01. The fraction of sp³-hybridized carbons (Fsp3) is 0.222. The van der Waals surface area contributed by atoms with Crippen LogP contribution >= 0.6 is 0 Å². The van der Waals surface area contributed by atoms with Gasteiger partial charge in [-0.15, -0.1) is 0 Å². The second-order valence-electron chi connectivity index (χ2n) is 5.23. The van der Waals surface area contributed by atoms with Gasteiger partial charge in [0.25, 0.3) is 0 Å². The van der Waals surface area contributed by atoms with Crippen LogP contribution in [0, 0.1) is 0 Å². The molecule has 18 heavy (non-hydrogen) atoms. The van der Waals surface area contributed by atoms with Crippen LogP contribution in [-0.2, 0) is 5.41 Å². The van der Waals surface area contributed by atoms with Gasteiger partial charge in [0.15, 0.2) is 0 Å². The second kappa shape index (κ2) is 6.80. The third-order valence-electron chi connectivity index (χ3n) is 2.68. The molecule has 0 fully saturated rings. The SMILES string of the molecule is C=Cc1ccccc1.CC(C)(C)c1ccccc1. The van der Waals surface area contributed by atoms with Gasteiger partial charge in [-0.1, -0.05) is 94.1 Å². The summed E-state index contributed by atoms with van der Waals surface area (Å²) in [5.74, 6) is 0. The van der Waals surface area contributed by atoms with Gasteiger partial charge in [0.05, 0.1) is 0 Å². The Bertz CT molecular complexity index is 446. The van der Waals surface area contributed by atoms with Crippen molar-refractivity contribution in [3.8, 4) is 0 Å². The molecule has 0 unspecified atom stereocenters. The van der Waals surface area contributed by atoms with Gasteiger partial charge in [-0.2, -0.15) is 0 Å². The lowest BCUT2D eigenvalue weighted by molar-refractivity contribution is 0.590. The van der Waals surface area contributed by atoms with E-state index in [4.69, 9.17) is 0 Å². The number of rotatable bonds is 1. The van der Waals surface area contributed by atoms with E-state index in [1.54, 1.807) is 0 Å². The van der Waals surface area contributed by atoms with Gasteiger partial charge < -0.3 is 0 Å². The maximum Gasteiger partial charge on any atom is -0.0132 e. The highest BCUT2D eigenvalue weighted by atomic mass is 14.2. The molecular formula is C18H22. The van der Waals surface area contributed by atoms with E-state index in [2.05, 4.69) is 57.7 Å². The zero-order valence-electron chi connectivity index (χ0n) is 11.6. The van der Waals surface area contributed by atoms with E-state index in [1.165, 1.54) is 11.1 Å². The molecule has 94 valence electrons. The van der Waals surface area contributed by atoms with E-state index >= 15 is 0 Å². The Morgan fingerprint density at radius 1 is 0.778 bits per heavy atom. The fourth-order valence-corrected chi connectivity index (χ4v) is 1.53. The number of hydrogen-bond donors (Lipinski definition) is 0. The molecule has 0 aliphatic heterocycles. The van der Waals surface area contributed by atoms with Gasteiger partial charge >= 0.3 is 0 Å². The molecule has 0 heterocycles. The molecule has 2 aromatic carbocycles. The molecule has 0 aliphatic carbocycles. The first-order valence-corrected chi connectivity index (χ1v) is 6.27. The van der Waals surface area contributed by atoms with Crippen molar-refractivity contribution in [2.45, 2.75) is 26.2 Å². The number of hydrogen-bond acceptors (Lipinski definition) is 0. The van der Waals surface area contributed by atoms with Crippen molar-refractivity contribution in [3.63, 3.8) is 0 Å². The van der Waals surface area contributed by atoms with E-state index in [9.17, 15) is 0 Å². The van der Waals surface area contributed by atoms with Crippen molar-refractivity contribution in [3.05, 3.63) is 78.4 Å². The van der Waals surface area contributed by atoms with Crippen LogP contribution in [0.3, 0.4) is 0 Å². The molecule has 2 rings (SSSR count). The summed E-state index contributed by atoms with van der Waals surface area (Å²) in [6, 6.07) is 20.6. The Morgan fingerprint density at radius 3 is 1.50 bits per heavy atom. The summed E-state index contributed by atoms with van der Waals surface area (Å²) < 4.78 is 0. The number of benzene rings is 2. The van der Waals surface area contributed by atoms with Crippen LogP contribution in [0.2, 0.25) is 0 Å². The molecule has 0 N–H and O–H groups in total. The Hall–Kier alpha value is -1.82. The van der Waals surface area contributed by atoms with Crippen molar-refractivity contribution in [2.75, 3.05) is 0 Å². The lowest BCUT2D eigenvalue weighted by Gasteiger charge is -2.18. The first-order chi connectivity index (χ1) is 8.54. The van der Waals surface area contributed by atoms with Crippen LogP contribution in [0.25, 0.3) is 6.08 Å². The first-order valence-electron chi connectivity index (χ1n) is 6.27. The molecule has 0 heteroatoms. The summed E-state index contributed by atoms with van der Waals surface area (Å²) in [5.41, 5.74) is 2.86. The summed E-state index contributed by atoms with van der Waals surface area (Å²) >= 11 is 0. The van der Waals surface area contributed by atoms with Crippen molar-refractivity contribution < 1.29 is 0 Å². The van der Waals surface area contributed by atoms with Crippen molar-refractivity contribution in [2.24, 2.45) is 0 Å². The minimum atomic E-state index is 0.293. The maximum absolute atomic E-state index is 3.63. The summed E-state index contributed by atoms with van der Waals surface area (Å²) in [7, 11) is 0. The Morgan fingerprint density at radius 2 is 1.22 bits per heavy atom. The summed E-state index contributed by atoms with van der Waals surface area (Å²) in [6.45, 7) is 10.3. The molecule has 2 aromatic rings. The summed E-state index contributed by atoms with van der Waals surface area (Å²) in [5, 5.41) is 0. The van der Waals surface area contributed by atoms with Crippen molar-refractivity contribution in [1.29, 1.82) is 0 Å². The summed E-state index contributed by atoms with van der Waals surface area (Å²) in [4.78, 5) is 0. The van der Waals surface area contributed by atoms with Gasteiger partial charge in [-0.3, -0.25) is 0 Å². The molecule has 0 bridgehead atoms. The van der Waals surface area contributed by atoms with Crippen molar-refractivity contribution in [1.82, 2.24) is 0 Å². The molecule has 0 amide bonds. The lowest BCUT2D eigenvalue weighted by atomic mass is 9.87.